The molecular weight excluding hydrogens is 226 g/mol. The number of amides is 1. The zero-order valence-corrected chi connectivity index (χ0v) is 12.2. The van der Waals surface area contributed by atoms with Crippen molar-refractivity contribution >= 4 is 5.91 Å². The minimum Gasteiger partial charge on any atom is -0.342 e. The van der Waals surface area contributed by atoms with E-state index in [1.165, 1.54) is 19.3 Å². The predicted octanol–water partition coefficient (Wildman–Crippen LogP) is 1.32. The molecular formula is C14H29N3O. The van der Waals surface area contributed by atoms with E-state index in [4.69, 9.17) is 0 Å². The van der Waals surface area contributed by atoms with E-state index in [9.17, 15) is 4.79 Å². The highest BCUT2D eigenvalue weighted by molar-refractivity contribution is 5.78. The second-order valence-corrected chi connectivity index (χ2v) is 5.55. The van der Waals surface area contributed by atoms with Gasteiger partial charge in [0.05, 0.1) is 6.54 Å². The number of nitrogens with one attached hydrogen (secondary N) is 1. The van der Waals surface area contributed by atoms with Crippen LogP contribution in [-0.4, -0.2) is 61.5 Å². The van der Waals surface area contributed by atoms with Crippen LogP contribution in [0.1, 0.15) is 39.5 Å². The quantitative estimate of drug-likeness (QED) is 0.665. The Labute approximate surface area is 112 Å². The van der Waals surface area contributed by atoms with Gasteiger partial charge >= 0.3 is 0 Å². The van der Waals surface area contributed by atoms with Crippen molar-refractivity contribution in [3.8, 4) is 0 Å². The van der Waals surface area contributed by atoms with Crippen molar-refractivity contribution in [3.05, 3.63) is 0 Å². The number of hydrogen-bond donors (Lipinski definition) is 1. The Hall–Kier alpha value is -0.610. The number of carbonyl (C=O) groups excluding carboxylic acids is 1. The van der Waals surface area contributed by atoms with E-state index in [-0.39, 0.29) is 5.91 Å². The summed E-state index contributed by atoms with van der Waals surface area (Å²) in [5.74, 6) is 0.270. The van der Waals surface area contributed by atoms with Crippen LogP contribution in [0.5, 0.6) is 0 Å². The average Bonchev–Trinajstić information content (AvgIpc) is 2.86. The third kappa shape index (κ3) is 5.83. The fourth-order valence-electron chi connectivity index (χ4n) is 2.14. The summed E-state index contributed by atoms with van der Waals surface area (Å²) < 4.78 is 0. The fraction of sp³-hybridized carbons (Fsp3) is 0.929. The second kappa shape index (κ2) is 8.48. The van der Waals surface area contributed by atoms with Crippen LogP contribution in [0.15, 0.2) is 0 Å². The van der Waals surface area contributed by atoms with Crippen LogP contribution in [0.25, 0.3) is 0 Å². The normalized spacial score (nSPS) is 15.9. The molecule has 1 amide bonds. The van der Waals surface area contributed by atoms with Gasteiger partial charge in [0.15, 0.2) is 0 Å². The monoisotopic (exact) mass is 255 g/mol. The highest BCUT2D eigenvalue weighted by Gasteiger charge is 2.16. The van der Waals surface area contributed by atoms with Crippen molar-refractivity contribution in [2.24, 2.45) is 0 Å². The van der Waals surface area contributed by atoms with Gasteiger partial charge in [0, 0.05) is 19.1 Å². The molecule has 1 N–H and O–H groups in total. The Bertz CT molecular complexity index is 237. The zero-order valence-electron chi connectivity index (χ0n) is 12.2. The summed E-state index contributed by atoms with van der Waals surface area (Å²) in [4.78, 5) is 16.1. The van der Waals surface area contributed by atoms with Gasteiger partial charge in [-0.25, -0.2) is 0 Å². The fourth-order valence-corrected chi connectivity index (χ4v) is 2.14. The highest BCUT2D eigenvalue weighted by atomic mass is 16.2. The summed E-state index contributed by atoms with van der Waals surface area (Å²) in [6.07, 6.45) is 4.68. The summed E-state index contributed by atoms with van der Waals surface area (Å²) in [5, 5.41) is 3.26. The average molecular weight is 255 g/mol. The maximum absolute atomic E-state index is 11.7. The molecule has 106 valence electrons. The van der Waals surface area contributed by atoms with Crippen molar-refractivity contribution in [3.63, 3.8) is 0 Å². The van der Waals surface area contributed by atoms with Crippen LogP contribution < -0.4 is 5.32 Å². The van der Waals surface area contributed by atoms with Crippen molar-refractivity contribution in [1.82, 2.24) is 15.1 Å². The molecule has 4 nitrogen and oxygen atoms in total. The molecule has 1 fully saturated rings. The summed E-state index contributed by atoms with van der Waals surface area (Å²) in [6.45, 7) is 8.95. The van der Waals surface area contributed by atoms with Crippen LogP contribution in [-0.2, 0) is 4.79 Å². The Morgan fingerprint density at radius 3 is 2.56 bits per heavy atom. The summed E-state index contributed by atoms with van der Waals surface area (Å²) in [7, 11) is 2.16. The molecule has 0 saturated carbocycles. The predicted molar refractivity (Wildman–Crippen MR) is 75.7 cm³/mol. The number of nitrogens with zero attached hydrogens (tertiary/aromatic N) is 2. The maximum atomic E-state index is 11.7. The van der Waals surface area contributed by atoms with E-state index in [1.54, 1.807) is 0 Å². The molecule has 1 aliphatic heterocycles. The van der Waals surface area contributed by atoms with Gasteiger partial charge in [-0.3, -0.25) is 4.79 Å². The summed E-state index contributed by atoms with van der Waals surface area (Å²) in [5.41, 5.74) is 0. The van der Waals surface area contributed by atoms with Crippen LogP contribution in [0.3, 0.4) is 0 Å². The first-order valence-electron chi connectivity index (χ1n) is 7.30. The van der Waals surface area contributed by atoms with E-state index in [0.717, 1.165) is 32.6 Å². The summed E-state index contributed by atoms with van der Waals surface area (Å²) >= 11 is 0. The molecule has 0 atom stereocenters. The third-order valence-corrected chi connectivity index (χ3v) is 3.73. The number of likely N-dealkylation sites (tertiary alicyclic amines) is 1. The van der Waals surface area contributed by atoms with E-state index in [1.807, 2.05) is 4.90 Å². The molecule has 0 unspecified atom stereocenters. The largest absolute Gasteiger partial charge is 0.342 e. The zero-order chi connectivity index (χ0) is 13.4. The van der Waals surface area contributed by atoms with Crippen LogP contribution in [0.2, 0.25) is 0 Å². The minimum atomic E-state index is 0.270. The van der Waals surface area contributed by atoms with Gasteiger partial charge in [0.1, 0.15) is 0 Å². The number of rotatable bonds is 8. The van der Waals surface area contributed by atoms with E-state index >= 15 is 0 Å². The lowest BCUT2D eigenvalue weighted by molar-refractivity contribution is -0.129. The van der Waals surface area contributed by atoms with Crippen LogP contribution in [0.4, 0.5) is 0 Å². The van der Waals surface area contributed by atoms with Gasteiger partial charge in [-0.15, -0.1) is 0 Å². The van der Waals surface area contributed by atoms with Crippen molar-refractivity contribution in [2.75, 3.05) is 39.8 Å². The Kier molecular flexibility index (Phi) is 7.28. The lowest BCUT2D eigenvalue weighted by atomic mass is 10.2. The first-order chi connectivity index (χ1) is 8.61. The molecule has 0 radical (unpaired) electrons. The van der Waals surface area contributed by atoms with Gasteiger partial charge in [0.25, 0.3) is 0 Å². The standard InChI is InChI=1S/C14H29N3O/c1-13(2)16(3)9-5-4-8-15-12-14(18)17-10-6-7-11-17/h13,15H,4-12H2,1-3H3. The van der Waals surface area contributed by atoms with Crippen molar-refractivity contribution in [2.45, 2.75) is 45.6 Å². The molecule has 1 aliphatic rings. The van der Waals surface area contributed by atoms with Gasteiger partial charge < -0.3 is 15.1 Å². The van der Waals surface area contributed by atoms with Gasteiger partial charge in [-0.2, -0.15) is 0 Å². The van der Waals surface area contributed by atoms with Gasteiger partial charge in [-0.1, -0.05) is 0 Å². The lowest BCUT2D eigenvalue weighted by Crippen LogP contribution is -2.36. The number of unbranched alkanes of at least 4 members (excludes halogenated alkanes) is 1. The third-order valence-electron chi connectivity index (χ3n) is 3.73. The first-order valence-corrected chi connectivity index (χ1v) is 7.30. The Morgan fingerprint density at radius 1 is 1.28 bits per heavy atom. The number of carbonyl (C=O) groups is 1. The molecule has 0 aromatic rings. The SMILES string of the molecule is CC(C)N(C)CCCCNCC(=O)N1CCCC1. The lowest BCUT2D eigenvalue weighted by Gasteiger charge is -2.20. The minimum absolute atomic E-state index is 0.270. The second-order valence-electron chi connectivity index (χ2n) is 5.55. The Balaban J connectivity index is 1.93. The maximum Gasteiger partial charge on any atom is 0.236 e. The molecule has 0 aliphatic carbocycles. The molecule has 4 heteroatoms. The van der Waals surface area contributed by atoms with E-state index in [2.05, 4.69) is 31.1 Å². The molecule has 0 spiro atoms. The molecule has 18 heavy (non-hydrogen) atoms. The summed E-state index contributed by atoms with van der Waals surface area (Å²) in [6, 6.07) is 0.620. The van der Waals surface area contributed by atoms with Crippen LogP contribution >= 0.6 is 0 Å². The van der Waals surface area contributed by atoms with Crippen LogP contribution in [0, 0.1) is 0 Å². The highest BCUT2D eigenvalue weighted by Crippen LogP contribution is 2.06. The molecule has 0 bridgehead atoms. The topological polar surface area (TPSA) is 35.6 Å². The van der Waals surface area contributed by atoms with Crippen molar-refractivity contribution < 1.29 is 4.79 Å². The smallest absolute Gasteiger partial charge is 0.236 e. The molecule has 0 aromatic heterocycles. The first kappa shape index (κ1) is 15.4. The van der Waals surface area contributed by atoms with Gasteiger partial charge in [-0.05, 0) is 59.7 Å². The van der Waals surface area contributed by atoms with Crippen molar-refractivity contribution in [1.29, 1.82) is 0 Å². The van der Waals surface area contributed by atoms with Gasteiger partial charge in [0.2, 0.25) is 5.91 Å². The Morgan fingerprint density at radius 2 is 1.94 bits per heavy atom. The number of hydrogen-bond acceptors (Lipinski definition) is 3. The van der Waals surface area contributed by atoms with E-state index < -0.39 is 0 Å². The molecule has 1 rings (SSSR count). The van der Waals surface area contributed by atoms with E-state index in [0.29, 0.717) is 12.6 Å². The molecule has 1 heterocycles. The molecule has 0 aromatic carbocycles. The molecule has 1 saturated heterocycles.